The fourth-order valence-corrected chi connectivity index (χ4v) is 2.63. The van der Waals surface area contributed by atoms with E-state index in [1.807, 2.05) is 0 Å². The lowest BCUT2D eigenvalue weighted by Crippen LogP contribution is -1.96. The van der Waals surface area contributed by atoms with Gasteiger partial charge in [-0.1, -0.05) is 0 Å². The SMILES string of the molecule is Fc1cc2c3c(F)c(F)ccc3c3nccn3c2cc1F. The minimum absolute atomic E-state index is 0.0893. The first-order chi connectivity index (χ1) is 10.1. The van der Waals surface area contributed by atoms with Crippen molar-refractivity contribution in [2.45, 2.75) is 0 Å². The number of fused-ring (bicyclic) bond motifs is 6. The highest BCUT2D eigenvalue weighted by atomic mass is 19.2. The van der Waals surface area contributed by atoms with Crippen molar-refractivity contribution in [1.82, 2.24) is 9.38 Å². The van der Waals surface area contributed by atoms with Crippen LogP contribution < -0.4 is 0 Å². The van der Waals surface area contributed by atoms with Crippen LogP contribution in [0.5, 0.6) is 0 Å². The minimum atomic E-state index is -1.12. The van der Waals surface area contributed by atoms with Crippen LogP contribution in [0, 0.1) is 23.3 Å². The molecule has 104 valence electrons. The molecule has 0 unspecified atom stereocenters. The number of hydrogen-bond acceptors (Lipinski definition) is 1. The Morgan fingerprint density at radius 1 is 0.857 bits per heavy atom. The zero-order valence-corrected chi connectivity index (χ0v) is 10.4. The fourth-order valence-electron chi connectivity index (χ4n) is 2.63. The lowest BCUT2D eigenvalue weighted by molar-refractivity contribution is 0.510. The van der Waals surface area contributed by atoms with Crippen LogP contribution in [0.4, 0.5) is 17.6 Å². The number of imidazole rings is 1. The van der Waals surface area contributed by atoms with Gasteiger partial charge in [0.2, 0.25) is 0 Å². The van der Waals surface area contributed by atoms with Gasteiger partial charge in [0.25, 0.3) is 0 Å². The van der Waals surface area contributed by atoms with Crippen molar-refractivity contribution in [3.05, 3.63) is 59.9 Å². The predicted octanol–water partition coefficient (Wildman–Crippen LogP) is 4.20. The molecule has 2 heterocycles. The molecule has 0 atom stereocenters. The van der Waals surface area contributed by atoms with E-state index in [4.69, 9.17) is 0 Å². The van der Waals surface area contributed by atoms with Gasteiger partial charge in [-0.3, -0.25) is 4.40 Å². The van der Waals surface area contributed by atoms with Gasteiger partial charge in [0, 0.05) is 34.6 Å². The Morgan fingerprint density at radius 2 is 1.62 bits per heavy atom. The smallest absolute Gasteiger partial charge is 0.167 e. The Bertz CT molecular complexity index is 1030. The monoisotopic (exact) mass is 290 g/mol. The van der Waals surface area contributed by atoms with E-state index in [1.165, 1.54) is 16.7 Å². The van der Waals surface area contributed by atoms with Gasteiger partial charge in [0.05, 0.1) is 5.52 Å². The molecular weight excluding hydrogens is 284 g/mol. The zero-order chi connectivity index (χ0) is 14.7. The molecule has 6 heteroatoms. The number of rotatable bonds is 0. The highest BCUT2D eigenvalue weighted by Gasteiger charge is 2.17. The summed E-state index contributed by atoms with van der Waals surface area (Å²) in [7, 11) is 0. The third-order valence-corrected chi connectivity index (χ3v) is 3.54. The van der Waals surface area contributed by atoms with Crippen molar-refractivity contribution in [2.24, 2.45) is 0 Å². The summed E-state index contributed by atoms with van der Waals surface area (Å²) in [5.41, 5.74) is 0.570. The van der Waals surface area contributed by atoms with Gasteiger partial charge < -0.3 is 0 Å². The largest absolute Gasteiger partial charge is 0.299 e. The summed E-state index contributed by atoms with van der Waals surface area (Å²) in [5, 5.41) is 0.311. The quantitative estimate of drug-likeness (QED) is 0.350. The maximum atomic E-state index is 14.2. The second kappa shape index (κ2) is 3.94. The summed E-state index contributed by atoms with van der Waals surface area (Å²) in [5.74, 6) is -4.33. The summed E-state index contributed by atoms with van der Waals surface area (Å²) in [6.45, 7) is 0. The summed E-state index contributed by atoms with van der Waals surface area (Å²) in [6.07, 6.45) is 3.01. The van der Waals surface area contributed by atoms with Gasteiger partial charge in [-0.05, 0) is 18.2 Å². The van der Waals surface area contributed by atoms with E-state index in [0.29, 0.717) is 11.0 Å². The maximum absolute atomic E-state index is 14.2. The number of halogens is 4. The predicted molar refractivity (Wildman–Crippen MR) is 70.0 cm³/mol. The first-order valence-corrected chi connectivity index (χ1v) is 6.09. The average molecular weight is 290 g/mol. The van der Waals surface area contributed by atoms with Crippen LogP contribution in [-0.4, -0.2) is 9.38 Å². The molecule has 0 aliphatic rings. The number of aromatic nitrogens is 2. The normalized spacial score (nSPS) is 11.8. The van der Waals surface area contributed by atoms with E-state index in [2.05, 4.69) is 4.98 Å². The van der Waals surface area contributed by atoms with Crippen molar-refractivity contribution in [3.8, 4) is 0 Å². The molecule has 4 rings (SSSR count). The van der Waals surface area contributed by atoms with E-state index in [1.54, 1.807) is 6.20 Å². The van der Waals surface area contributed by atoms with E-state index in [9.17, 15) is 17.6 Å². The highest BCUT2D eigenvalue weighted by Crippen LogP contribution is 2.32. The lowest BCUT2D eigenvalue weighted by atomic mass is 10.0. The van der Waals surface area contributed by atoms with E-state index >= 15 is 0 Å². The third kappa shape index (κ3) is 1.50. The second-order valence-corrected chi connectivity index (χ2v) is 4.69. The molecule has 0 radical (unpaired) electrons. The molecule has 2 aromatic carbocycles. The molecule has 0 amide bonds. The number of nitrogens with zero attached hydrogens (tertiary/aromatic N) is 2. The Labute approximate surface area is 115 Å². The summed E-state index contributed by atoms with van der Waals surface area (Å²) in [6, 6.07) is 4.17. The molecule has 0 spiro atoms. The summed E-state index contributed by atoms with van der Waals surface area (Å²) in [4.78, 5) is 4.08. The van der Waals surface area contributed by atoms with Crippen molar-refractivity contribution >= 4 is 27.3 Å². The molecule has 0 bridgehead atoms. The third-order valence-electron chi connectivity index (χ3n) is 3.54. The van der Waals surface area contributed by atoms with Gasteiger partial charge in [0.1, 0.15) is 5.65 Å². The van der Waals surface area contributed by atoms with Gasteiger partial charge in [-0.15, -0.1) is 0 Å². The van der Waals surface area contributed by atoms with Crippen LogP contribution in [-0.2, 0) is 0 Å². The number of benzene rings is 2. The lowest BCUT2D eigenvalue weighted by Gasteiger charge is -2.10. The summed E-state index contributed by atoms with van der Waals surface area (Å²) >= 11 is 0. The van der Waals surface area contributed by atoms with Crippen LogP contribution >= 0.6 is 0 Å². The number of hydrogen-bond donors (Lipinski definition) is 0. The summed E-state index contributed by atoms with van der Waals surface area (Å²) < 4.78 is 56.2. The second-order valence-electron chi connectivity index (χ2n) is 4.69. The van der Waals surface area contributed by atoms with Gasteiger partial charge in [-0.25, -0.2) is 22.5 Å². The Morgan fingerprint density at radius 3 is 2.43 bits per heavy atom. The maximum Gasteiger partial charge on any atom is 0.167 e. The van der Waals surface area contributed by atoms with Crippen molar-refractivity contribution in [1.29, 1.82) is 0 Å². The standard InChI is InChI=1S/C15H6F4N2/c16-9-2-1-7-13(14(9)19)8-5-10(17)11(18)6-12(8)21-4-3-20-15(7)21/h1-6H. The van der Waals surface area contributed by atoms with Crippen LogP contribution in [0.15, 0.2) is 36.7 Å². The van der Waals surface area contributed by atoms with Crippen LogP contribution in [0.25, 0.3) is 27.3 Å². The Hall–Kier alpha value is -2.63. The van der Waals surface area contributed by atoms with Crippen molar-refractivity contribution < 1.29 is 17.6 Å². The van der Waals surface area contributed by atoms with Crippen molar-refractivity contribution in [2.75, 3.05) is 0 Å². The first-order valence-electron chi connectivity index (χ1n) is 6.09. The average Bonchev–Trinajstić information content (AvgIpc) is 2.94. The van der Waals surface area contributed by atoms with Gasteiger partial charge in [0.15, 0.2) is 23.3 Å². The molecule has 0 aliphatic carbocycles. The van der Waals surface area contributed by atoms with E-state index < -0.39 is 23.3 Å². The van der Waals surface area contributed by atoms with Gasteiger partial charge in [-0.2, -0.15) is 0 Å². The fraction of sp³-hybridized carbons (Fsp3) is 0. The molecule has 0 saturated heterocycles. The topological polar surface area (TPSA) is 17.3 Å². The molecule has 0 fully saturated rings. The first kappa shape index (κ1) is 12.1. The van der Waals surface area contributed by atoms with Crippen LogP contribution in [0.1, 0.15) is 0 Å². The van der Waals surface area contributed by atoms with Crippen molar-refractivity contribution in [3.63, 3.8) is 0 Å². The Kier molecular flexibility index (Phi) is 2.28. The highest BCUT2D eigenvalue weighted by molar-refractivity contribution is 6.11. The molecule has 21 heavy (non-hydrogen) atoms. The van der Waals surface area contributed by atoms with Crippen LogP contribution in [0.3, 0.4) is 0 Å². The minimum Gasteiger partial charge on any atom is -0.299 e. The zero-order valence-electron chi connectivity index (χ0n) is 10.4. The van der Waals surface area contributed by atoms with E-state index in [-0.39, 0.29) is 16.3 Å². The molecule has 0 N–H and O–H groups in total. The molecule has 4 aromatic rings. The van der Waals surface area contributed by atoms with Gasteiger partial charge >= 0.3 is 0 Å². The Balaban J connectivity index is 2.43. The molecule has 0 aliphatic heterocycles. The molecule has 0 saturated carbocycles. The number of pyridine rings is 1. The molecular formula is C15H6F4N2. The molecule has 2 aromatic heterocycles. The van der Waals surface area contributed by atoms with E-state index in [0.717, 1.165) is 18.2 Å². The molecule has 2 nitrogen and oxygen atoms in total. The van der Waals surface area contributed by atoms with Crippen LogP contribution in [0.2, 0.25) is 0 Å².